The van der Waals surface area contributed by atoms with Gasteiger partial charge in [0.1, 0.15) is 0 Å². The molecule has 0 spiro atoms. The monoisotopic (exact) mass is 523 g/mol. The number of likely N-dealkylation sites (N-methyl/N-ethyl adjacent to an activating group) is 1. The van der Waals surface area contributed by atoms with Gasteiger partial charge in [0.25, 0.3) is 15.9 Å². The van der Waals surface area contributed by atoms with Crippen molar-refractivity contribution in [2.45, 2.75) is 11.4 Å². The number of pyridine rings is 2. The Morgan fingerprint density at radius 2 is 1.97 bits per heavy atom. The second-order valence-corrected chi connectivity index (χ2v) is 9.81. The molecule has 8 nitrogen and oxygen atoms in total. The van der Waals surface area contributed by atoms with Crippen LogP contribution in [0.1, 0.15) is 16.1 Å². The summed E-state index contributed by atoms with van der Waals surface area (Å²) in [4.78, 5) is 22.9. The number of carbonyl (C=O) groups is 1. The van der Waals surface area contributed by atoms with E-state index in [2.05, 4.69) is 19.1 Å². The fourth-order valence-corrected chi connectivity index (χ4v) is 5.19. The lowest BCUT2D eigenvalue weighted by Gasteiger charge is -2.19. The van der Waals surface area contributed by atoms with E-state index in [0.29, 0.717) is 28.1 Å². The van der Waals surface area contributed by atoms with Crippen LogP contribution < -0.4 is 4.72 Å². The van der Waals surface area contributed by atoms with Crippen LogP contribution in [0.2, 0.25) is 5.02 Å². The SMILES string of the molecule is CN(CCc1ccccn1)C(=O)c1ccc(Cl)cc1NS(=O)(=O)c1nccc2sncc12.Cl. The van der Waals surface area contributed by atoms with E-state index >= 15 is 0 Å². The second kappa shape index (κ2) is 10.4. The lowest BCUT2D eigenvalue weighted by molar-refractivity contribution is 0.0797. The molecule has 0 aliphatic carbocycles. The maximum Gasteiger partial charge on any atom is 0.280 e. The van der Waals surface area contributed by atoms with Gasteiger partial charge in [-0.3, -0.25) is 14.5 Å². The van der Waals surface area contributed by atoms with Crippen molar-refractivity contribution >= 4 is 67.2 Å². The van der Waals surface area contributed by atoms with Crippen LogP contribution in [0.3, 0.4) is 0 Å². The van der Waals surface area contributed by atoms with E-state index < -0.39 is 10.0 Å². The maximum atomic E-state index is 13.1. The Morgan fingerprint density at radius 3 is 2.73 bits per heavy atom. The standard InChI is InChI=1S/C21H18ClN5O3S2.ClH/c1-27(11-8-15-4-2-3-9-23-15)21(28)16-6-5-14(22)12-18(16)26-32(29,30)20-17-13-25-31-19(17)7-10-24-20;/h2-7,9-10,12-13,26H,8,11H2,1H3;1H. The molecule has 0 saturated heterocycles. The smallest absolute Gasteiger partial charge is 0.280 e. The minimum absolute atomic E-state index is 0. The lowest BCUT2D eigenvalue weighted by atomic mass is 10.1. The molecule has 3 heterocycles. The highest BCUT2D eigenvalue weighted by molar-refractivity contribution is 7.92. The minimum Gasteiger partial charge on any atom is -0.341 e. The molecule has 12 heteroatoms. The van der Waals surface area contributed by atoms with E-state index in [4.69, 9.17) is 11.6 Å². The van der Waals surface area contributed by atoms with Gasteiger partial charge >= 0.3 is 0 Å². The Morgan fingerprint density at radius 1 is 1.15 bits per heavy atom. The molecule has 0 atom stereocenters. The number of carbonyl (C=O) groups excluding carboxylic acids is 1. The van der Waals surface area contributed by atoms with Gasteiger partial charge in [-0.2, -0.15) is 12.8 Å². The summed E-state index contributed by atoms with van der Waals surface area (Å²) in [7, 11) is -2.45. The van der Waals surface area contributed by atoms with E-state index in [1.807, 2.05) is 18.2 Å². The van der Waals surface area contributed by atoms with Crippen molar-refractivity contribution < 1.29 is 13.2 Å². The molecule has 0 bridgehead atoms. The van der Waals surface area contributed by atoms with Crippen LogP contribution in [-0.2, 0) is 16.4 Å². The number of halogens is 2. The minimum atomic E-state index is -4.10. The van der Waals surface area contributed by atoms with Gasteiger partial charge in [-0.25, -0.2) is 4.98 Å². The maximum absolute atomic E-state index is 13.1. The average Bonchev–Trinajstić information content (AvgIpc) is 3.26. The number of hydrogen-bond donors (Lipinski definition) is 1. The zero-order chi connectivity index (χ0) is 22.7. The molecule has 4 rings (SSSR count). The van der Waals surface area contributed by atoms with Gasteiger partial charge < -0.3 is 4.90 Å². The van der Waals surface area contributed by atoms with Crippen LogP contribution in [0.5, 0.6) is 0 Å². The predicted molar refractivity (Wildman–Crippen MR) is 132 cm³/mol. The molecular weight excluding hydrogens is 505 g/mol. The summed E-state index contributed by atoms with van der Waals surface area (Å²) in [5.41, 5.74) is 1.11. The number of anilines is 1. The van der Waals surface area contributed by atoms with Gasteiger partial charge in [-0.05, 0) is 47.9 Å². The summed E-state index contributed by atoms with van der Waals surface area (Å²) in [5, 5.41) is 0.539. The molecule has 0 aliphatic heterocycles. The summed E-state index contributed by atoms with van der Waals surface area (Å²) >= 11 is 7.28. The van der Waals surface area contributed by atoms with Gasteiger partial charge in [-0.1, -0.05) is 17.7 Å². The Labute approximate surface area is 206 Å². The van der Waals surface area contributed by atoms with E-state index in [1.165, 1.54) is 41.0 Å². The number of sulfonamides is 1. The molecule has 0 aliphatic rings. The van der Waals surface area contributed by atoms with E-state index in [-0.39, 0.29) is 34.6 Å². The molecule has 4 aromatic rings. The molecule has 0 fully saturated rings. The Bertz CT molecular complexity index is 1380. The first-order valence-corrected chi connectivity index (χ1v) is 12.2. The van der Waals surface area contributed by atoms with Crippen molar-refractivity contribution in [3.63, 3.8) is 0 Å². The van der Waals surface area contributed by atoms with Gasteiger partial charge in [0.15, 0.2) is 5.03 Å². The highest BCUT2D eigenvalue weighted by atomic mass is 35.5. The van der Waals surface area contributed by atoms with Crippen LogP contribution in [-0.4, -0.2) is 47.2 Å². The van der Waals surface area contributed by atoms with Gasteiger partial charge in [0.05, 0.1) is 27.5 Å². The zero-order valence-corrected chi connectivity index (χ0v) is 20.5. The zero-order valence-electron chi connectivity index (χ0n) is 17.3. The molecular formula is C21H19Cl2N5O3S2. The number of nitrogens with one attached hydrogen (secondary N) is 1. The van der Waals surface area contributed by atoms with Crippen LogP contribution in [0.25, 0.3) is 10.1 Å². The summed E-state index contributed by atoms with van der Waals surface area (Å²) in [6.45, 7) is 0.409. The van der Waals surface area contributed by atoms with E-state index in [9.17, 15) is 13.2 Å². The van der Waals surface area contributed by atoms with Gasteiger partial charge in [-0.15, -0.1) is 12.4 Å². The molecule has 1 aromatic carbocycles. The quantitative estimate of drug-likeness (QED) is 0.387. The van der Waals surface area contributed by atoms with Gasteiger partial charge in [0, 0.05) is 43.1 Å². The summed E-state index contributed by atoms with van der Waals surface area (Å²) < 4.78 is 33.4. The molecule has 33 heavy (non-hydrogen) atoms. The van der Waals surface area contributed by atoms with E-state index in [1.54, 1.807) is 25.4 Å². The lowest BCUT2D eigenvalue weighted by Crippen LogP contribution is -2.30. The van der Waals surface area contributed by atoms with Gasteiger partial charge in [0.2, 0.25) is 0 Å². The van der Waals surface area contributed by atoms with E-state index in [0.717, 1.165) is 5.69 Å². The van der Waals surface area contributed by atoms with Crippen molar-refractivity contribution in [1.82, 2.24) is 19.2 Å². The summed E-state index contributed by atoms with van der Waals surface area (Å²) in [5.74, 6) is -0.348. The first kappa shape index (κ1) is 24.8. The second-order valence-electron chi connectivity index (χ2n) is 6.95. The third kappa shape index (κ3) is 5.59. The highest BCUT2D eigenvalue weighted by Crippen LogP contribution is 2.28. The summed E-state index contributed by atoms with van der Waals surface area (Å²) in [6, 6.07) is 11.7. The Hall–Kier alpha value is -2.79. The third-order valence-corrected chi connectivity index (χ3v) is 7.06. The fraction of sp³-hybridized carbons (Fsp3) is 0.143. The number of rotatable bonds is 7. The van der Waals surface area contributed by atoms with Crippen LogP contribution >= 0.6 is 35.5 Å². The number of benzene rings is 1. The molecule has 0 radical (unpaired) electrons. The largest absolute Gasteiger partial charge is 0.341 e. The average molecular weight is 524 g/mol. The van der Waals surface area contributed by atoms with Crippen molar-refractivity contribution in [1.29, 1.82) is 0 Å². The van der Waals surface area contributed by atoms with Crippen molar-refractivity contribution in [2.24, 2.45) is 0 Å². The predicted octanol–water partition coefficient (Wildman–Crippen LogP) is 4.28. The number of fused-ring (bicyclic) bond motifs is 1. The number of hydrogen-bond acceptors (Lipinski definition) is 7. The van der Waals surface area contributed by atoms with Crippen LogP contribution in [0, 0.1) is 0 Å². The first-order valence-electron chi connectivity index (χ1n) is 9.52. The molecule has 3 aromatic heterocycles. The van der Waals surface area contributed by atoms with Crippen molar-refractivity contribution in [3.8, 4) is 0 Å². The molecule has 1 N–H and O–H groups in total. The number of nitrogens with zero attached hydrogens (tertiary/aromatic N) is 4. The van der Waals surface area contributed by atoms with Crippen molar-refractivity contribution in [2.75, 3.05) is 18.3 Å². The fourth-order valence-electron chi connectivity index (χ4n) is 3.10. The Balaban J connectivity index is 0.00000306. The highest BCUT2D eigenvalue weighted by Gasteiger charge is 2.24. The summed E-state index contributed by atoms with van der Waals surface area (Å²) in [6.07, 6.45) is 5.12. The Kier molecular flexibility index (Phi) is 7.85. The molecule has 172 valence electrons. The van der Waals surface area contributed by atoms with Crippen LogP contribution in [0.15, 0.2) is 66.1 Å². The van der Waals surface area contributed by atoms with Crippen molar-refractivity contribution in [3.05, 3.63) is 77.3 Å². The normalized spacial score (nSPS) is 11.1. The first-order chi connectivity index (χ1) is 15.3. The third-order valence-electron chi connectivity index (χ3n) is 4.73. The van der Waals surface area contributed by atoms with Crippen LogP contribution in [0.4, 0.5) is 5.69 Å². The number of aromatic nitrogens is 3. The number of amides is 1. The molecule has 1 amide bonds. The molecule has 0 unspecified atom stereocenters. The topological polar surface area (TPSA) is 105 Å². The molecule has 0 saturated carbocycles.